The fourth-order valence-electron chi connectivity index (χ4n) is 8.82. The van der Waals surface area contributed by atoms with Gasteiger partial charge in [0.25, 0.3) is 0 Å². The first-order valence-electron chi connectivity index (χ1n) is 13.2. The Kier molecular flexibility index (Phi) is 5.44. The standard InChI is InChI=1S/C29H33FN2O5S/c1-15-9-21-20-8-7-18-11-22-17(14-31-32(22)19-6-4-5-16(10-19)24(34)35)12-26(18,2)28(20,30)23(33)13-27(21,3)29(15,37)25(36)38/h4-6,10-11,14-15,20-21,23,33,37H,7-9,12-13H2,1-3H3,(H,34,35)(H,36,38)/t15-,20+,21+,23+,26+,27+,28+,29+/m1/s1. The number of hydrogen-bond donors (Lipinski definition) is 4. The molecule has 1 aromatic heterocycles. The maximum atomic E-state index is 17.7. The molecule has 2 aromatic rings. The lowest BCUT2D eigenvalue weighted by atomic mass is 9.44. The average Bonchev–Trinajstić information content (AvgIpc) is 3.35. The van der Waals surface area contributed by atoms with Gasteiger partial charge in [0.2, 0.25) is 5.12 Å². The van der Waals surface area contributed by atoms with Gasteiger partial charge in [-0.05, 0) is 73.8 Å². The number of benzene rings is 1. The number of carbonyl (C=O) groups is 2. The van der Waals surface area contributed by atoms with Crippen LogP contribution in [0.25, 0.3) is 11.8 Å². The van der Waals surface area contributed by atoms with Gasteiger partial charge in [-0.1, -0.05) is 32.4 Å². The van der Waals surface area contributed by atoms with Crippen molar-refractivity contribution in [2.75, 3.05) is 0 Å². The number of carbonyl (C=O) groups excluding carboxylic acids is 1. The van der Waals surface area contributed by atoms with Crippen LogP contribution in [0, 0.1) is 28.6 Å². The summed E-state index contributed by atoms with van der Waals surface area (Å²) < 4.78 is 19.4. The highest BCUT2D eigenvalue weighted by Crippen LogP contribution is 2.71. The van der Waals surface area contributed by atoms with Gasteiger partial charge in [-0.3, -0.25) is 4.79 Å². The van der Waals surface area contributed by atoms with Crippen molar-refractivity contribution in [3.8, 4) is 5.69 Å². The van der Waals surface area contributed by atoms with Crippen molar-refractivity contribution in [3.05, 3.63) is 52.9 Å². The van der Waals surface area contributed by atoms with E-state index in [1.165, 1.54) is 6.07 Å². The van der Waals surface area contributed by atoms with Crippen LogP contribution >= 0.6 is 12.6 Å². The van der Waals surface area contributed by atoms with Gasteiger partial charge in [-0.25, -0.2) is 13.9 Å². The molecule has 8 atom stereocenters. The fraction of sp³-hybridized carbons (Fsp3) is 0.552. The number of halogens is 1. The summed E-state index contributed by atoms with van der Waals surface area (Å²) in [6, 6.07) is 6.54. The Hall–Kier alpha value is -2.49. The van der Waals surface area contributed by atoms with Gasteiger partial charge in [0.1, 0.15) is 11.3 Å². The molecular weight excluding hydrogens is 507 g/mol. The molecule has 9 heteroatoms. The average molecular weight is 541 g/mol. The molecule has 1 heterocycles. The zero-order valence-corrected chi connectivity index (χ0v) is 22.6. The number of carboxylic acids is 1. The molecule has 0 aliphatic heterocycles. The van der Waals surface area contributed by atoms with Crippen molar-refractivity contribution in [1.29, 1.82) is 0 Å². The minimum absolute atomic E-state index is 0.0191. The SMILES string of the molecule is C[C@@H]1C[C@H]2[C@@H]3CCC4=Cc5c(cnn5-c5cccc(C(=O)O)c5)C[C@]4(C)[C@@]3(F)[C@@H](O)C[C@]2(C)[C@@]1(O)C(=O)S. The largest absolute Gasteiger partial charge is 0.478 e. The van der Waals surface area contributed by atoms with Crippen LogP contribution in [-0.2, 0) is 11.2 Å². The Labute approximate surface area is 226 Å². The predicted molar refractivity (Wildman–Crippen MR) is 142 cm³/mol. The number of carboxylic acid groups (broad SMARTS) is 1. The van der Waals surface area contributed by atoms with Crippen LogP contribution in [0.1, 0.15) is 68.1 Å². The number of thiol groups is 1. The van der Waals surface area contributed by atoms with Gasteiger partial charge in [0.05, 0.1) is 29.2 Å². The lowest BCUT2D eigenvalue weighted by Crippen LogP contribution is -2.69. The first-order valence-corrected chi connectivity index (χ1v) is 13.7. The van der Waals surface area contributed by atoms with Crippen LogP contribution in [0.5, 0.6) is 0 Å². The molecule has 0 amide bonds. The van der Waals surface area contributed by atoms with E-state index in [1.807, 2.05) is 26.8 Å². The minimum atomic E-state index is -1.95. The number of aromatic nitrogens is 2. The van der Waals surface area contributed by atoms with E-state index in [1.54, 1.807) is 29.1 Å². The predicted octanol–water partition coefficient (Wildman–Crippen LogP) is 4.25. The third-order valence-electron chi connectivity index (χ3n) is 10.8. The summed E-state index contributed by atoms with van der Waals surface area (Å²) in [5.74, 6) is -2.21. The van der Waals surface area contributed by atoms with Crippen LogP contribution in [0.3, 0.4) is 0 Å². The zero-order chi connectivity index (χ0) is 27.4. The second-order valence-corrected chi connectivity index (χ2v) is 12.8. The number of aromatic carboxylic acids is 1. The molecule has 3 fully saturated rings. The highest BCUT2D eigenvalue weighted by Gasteiger charge is 2.75. The Morgan fingerprint density at radius 3 is 2.66 bits per heavy atom. The molecule has 7 nitrogen and oxygen atoms in total. The molecule has 0 unspecified atom stereocenters. The van der Waals surface area contributed by atoms with Crippen molar-refractivity contribution >= 4 is 29.8 Å². The lowest BCUT2D eigenvalue weighted by molar-refractivity contribution is -0.224. The summed E-state index contributed by atoms with van der Waals surface area (Å²) >= 11 is 4.03. The number of nitrogens with zero attached hydrogens (tertiary/aromatic N) is 2. The molecule has 3 N–H and O–H groups in total. The number of allylic oxidation sites excluding steroid dienone is 1. The van der Waals surface area contributed by atoms with E-state index < -0.39 is 45.2 Å². The molecule has 6 rings (SSSR count). The first kappa shape index (κ1) is 25.8. The van der Waals surface area contributed by atoms with Gasteiger partial charge in [-0.15, -0.1) is 12.6 Å². The van der Waals surface area contributed by atoms with Crippen molar-refractivity contribution < 1.29 is 29.3 Å². The Morgan fingerprint density at radius 2 is 1.97 bits per heavy atom. The number of fused-ring (bicyclic) bond motifs is 6. The third-order valence-corrected chi connectivity index (χ3v) is 11.2. The molecule has 0 bridgehead atoms. The Morgan fingerprint density at radius 1 is 1.24 bits per heavy atom. The molecular formula is C29H33FN2O5S. The van der Waals surface area contributed by atoms with Crippen molar-refractivity contribution in [3.63, 3.8) is 0 Å². The van der Waals surface area contributed by atoms with Crippen LogP contribution in [0.15, 0.2) is 36.0 Å². The smallest absolute Gasteiger partial charge is 0.335 e. The van der Waals surface area contributed by atoms with E-state index in [0.29, 0.717) is 31.4 Å². The molecule has 3 saturated carbocycles. The minimum Gasteiger partial charge on any atom is -0.478 e. The summed E-state index contributed by atoms with van der Waals surface area (Å²) in [5.41, 5.74) is -2.34. The van der Waals surface area contributed by atoms with Crippen LogP contribution in [0.2, 0.25) is 0 Å². The van der Waals surface area contributed by atoms with Crippen LogP contribution < -0.4 is 0 Å². The topological polar surface area (TPSA) is 113 Å². The zero-order valence-electron chi connectivity index (χ0n) is 21.7. The molecule has 202 valence electrons. The normalized spacial score (nSPS) is 41.4. The van der Waals surface area contributed by atoms with E-state index in [9.17, 15) is 24.9 Å². The van der Waals surface area contributed by atoms with E-state index >= 15 is 4.39 Å². The van der Waals surface area contributed by atoms with Crippen molar-refractivity contribution in [2.45, 2.75) is 70.2 Å². The third kappa shape index (κ3) is 2.95. The Bertz CT molecular complexity index is 1410. The number of aliphatic hydroxyl groups is 2. The number of rotatable bonds is 3. The van der Waals surface area contributed by atoms with E-state index in [4.69, 9.17) is 0 Å². The van der Waals surface area contributed by atoms with Gasteiger partial charge >= 0.3 is 5.97 Å². The molecule has 1 aromatic carbocycles. The van der Waals surface area contributed by atoms with Gasteiger partial charge in [0, 0.05) is 16.7 Å². The summed E-state index contributed by atoms with van der Waals surface area (Å²) in [5, 5.41) is 36.5. The molecule has 0 radical (unpaired) electrons. The summed E-state index contributed by atoms with van der Waals surface area (Å²) in [6.45, 7) is 5.52. The molecule has 4 aliphatic carbocycles. The van der Waals surface area contributed by atoms with E-state index in [2.05, 4.69) is 17.7 Å². The first-order chi connectivity index (χ1) is 17.8. The van der Waals surface area contributed by atoms with Gasteiger partial charge < -0.3 is 15.3 Å². The highest BCUT2D eigenvalue weighted by molar-refractivity contribution is 7.96. The molecule has 0 saturated heterocycles. The number of aliphatic hydroxyl groups excluding tert-OH is 1. The molecule has 38 heavy (non-hydrogen) atoms. The highest BCUT2D eigenvalue weighted by atomic mass is 32.1. The van der Waals surface area contributed by atoms with Crippen molar-refractivity contribution in [2.24, 2.45) is 28.6 Å². The van der Waals surface area contributed by atoms with E-state index in [-0.39, 0.29) is 23.8 Å². The molecule has 4 aliphatic rings. The lowest BCUT2D eigenvalue weighted by Gasteiger charge is -2.63. The van der Waals surface area contributed by atoms with E-state index in [0.717, 1.165) is 16.8 Å². The second kappa shape index (κ2) is 8.02. The quantitative estimate of drug-likeness (QED) is 0.433. The summed E-state index contributed by atoms with van der Waals surface area (Å²) in [4.78, 5) is 24.1. The molecule has 0 spiro atoms. The fourth-order valence-corrected chi connectivity index (χ4v) is 9.30. The maximum Gasteiger partial charge on any atom is 0.335 e. The van der Waals surface area contributed by atoms with Crippen LogP contribution in [-0.4, -0.2) is 53.6 Å². The number of hydrogen-bond acceptors (Lipinski definition) is 5. The van der Waals surface area contributed by atoms with Gasteiger partial charge in [-0.2, -0.15) is 5.10 Å². The van der Waals surface area contributed by atoms with Gasteiger partial charge in [0.15, 0.2) is 0 Å². The second-order valence-electron chi connectivity index (χ2n) is 12.4. The Balaban J connectivity index is 1.42. The van der Waals surface area contributed by atoms with Crippen molar-refractivity contribution in [1.82, 2.24) is 9.78 Å². The maximum absolute atomic E-state index is 17.7. The number of alkyl halides is 1. The summed E-state index contributed by atoms with van der Waals surface area (Å²) in [6.07, 6.45) is 4.23. The summed E-state index contributed by atoms with van der Waals surface area (Å²) in [7, 11) is 0. The van der Waals surface area contributed by atoms with Crippen LogP contribution in [0.4, 0.5) is 4.39 Å². The monoisotopic (exact) mass is 540 g/mol.